The summed E-state index contributed by atoms with van der Waals surface area (Å²) in [4.78, 5) is 22.4. The maximum atomic E-state index is 13.5. The summed E-state index contributed by atoms with van der Waals surface area (Å²) >= 11 is 6.24. The van der Waals surface area contributed by atoms with Gasteiger partial charge in [-0.3, -0.25) is 9.20 Å². The number of hydrogen-bond acceptors (Lipinski definition) is 7. The van der Waals surface area contributed by atoms with Crippen LogP contribution in [-0.4, -0.2) is 37.8 Å². The second-order valence-electron chi connectivity index (χ2n) is 7.44. The Morgan fingerprint density at radius 2 is 2.20 bits per heavy atom. The van der Waals surface area contributed by atoms with Crippen molar-refractivity contribution < 1.29 is 9.26 Å². The smallest absolute Gasteiger partial charge is 0.277 e. The van der Waals surface area contributed by atoms with Crippen molar-refractivity contribution in [2.45, 2.75) is 25.8 Å². The van der Waals surface area contributed by atoms with Crippen molar-refractivity contribution in [3.63, 3.8) is 0 Å². The third kappa shape index (κ3) is 2.72. The molecule has 0 bridgehead atoms. The van der Waals surface area contributed by atoms with E-state index in [-0.39, 0.29) is 41.0 Å². The Morgan fingerprint density at radius 1 is 1.40 bits per heavy atom. The van der Waals surface area contributed by atoms with Gasteiger partial charge in [-0.1, -0.05) is 23.7 Å². The van der Waals surface area contributed by atoms with E-state index >= 15 is 0 Å². The van der Waals surface area contributed by atoms with E-state index in [2.05, 4.69) is 28.1 Å². The minimum atomic E-state index is -0.336. The van der Waals surface area contributed by atoms with Gasteiger partial charge < -0.3 is 13.8 Å². The Labute approximate surface area is 175 Å². The van der Waals surface area contributed by atoms with Crippen molar-refractivity contribution in [3.05, 3.63) is 45.3 Å². The predicted molar refractivity (Wildman–Crippen MR) is 108 cm³/mol. The lowest BCUT2D eigenvalue weighted by Crippen LogP contribution is -2.25. The van der Waals surface area contributed by atoms with Crippen LogP contribution in [0.1, 0.15) is 30.7 Å². The molecule has 30 heavy (non-hydrogen) atoms. The number of nitrogens with zero attached hydrogens (tertiary/aromatic N) is 6. The molecule has 4 aromatic rings. The summed E-state index contributed by atoms with van der Waals surface area (Å²) in [5, 5.41) is 14.0. The number of rotatable bonds is 5. The molecule has 3 aromatic heterocycles. The summed E-state index contributed by atoms with van der Waals surface area (Å²) in [5.41, 5.74) is 1.59. The highest BCUT2D eigenvalue weighted by Crippen LogP contribution is 2.46. The van der Waals surface area contributed by atoms with Gasteiger partial charge in [0.15, 0.2) is 0 Å². The van der Waals surface area contributed by atoms with Gasteiger partial charge in [0.05, 0.1) is 28.2 Å². The molecule has 2 atom stereocenters. The SMILES string of the molecule is COCCn1c(=O)c2c(-c3noc(C4CC4C)n3)ncn2c2ccc(Cl)c(C#N)c21. The first-order valence-corrected chi connectivity index (χ1v) is 9.88. The Balaban J connectivity index is 1.80. The van der Waals surface area contributed by atoms with Crippen LogP contribution in [0.25, 0.3) is 28.1 Å². The first-order chi connectivity index (χ1) is 14.5. The highest BCUT2D eigenvalue weighted by atomic mass is 35.5. The van der Waals surface area contributed by atoms with Crippen LogP contribution in [0.4, 0.5) is 0 Å². The van der Waals surface area contributed by atoms with Gasteiger partial charge in [-0.05, 0) is 24.5 Å². The van der Waals surface area contributed by atoms with Crippen molar-refractivity contribution in [1.82, 2.24) is 24.1 Å². The molecule has 3 heterocycles. The molecule has 0 saturated heterocycles. The number of fused-ring (bicyclic) bond motifs is 3. The molecular formula is C20H17ClN6O3. The number of methoxy groups -OCH3 is 1. The largest absolute Gasteiger partial charge is 0.383 e. The number of imidazole rings is 1. The van der Waals surface area contributed by atoms with Crippen LogP contribution < -0.4 is 5.56 Å². The molecule has 2 unspecified atom stereocenters. The number of nitriles is 1. The average molecular weight is 425 g/mol. The minimum absolute atomic E-state index is 0.226. The van der Waals surface area contributed by atoms with Gasteiger partial charge in [0.25, 0.3) is 5.56 Å². The fourth-order valence-electron chi connectivity index (χ4n) is 3.80. The molecule has 9 nitrogen and oxygen atoms in total. The van der Waals surface area contributed by atoms with E-state index in [1.807, 2.05) is 0 Å². The zero-order valence-electron chi connectivity index (χ0n) is 16.3. The van der Waals surface area contributed by atoms with Gasteiger partial charge in [-0.15, -0.1) is 0 Å². The Hall–Kier alpha value is -3.22. The Morgan fingerprint density at radius 3 is 2.90 bits per heavy atom. The Bertz CT molecular complexity index is 1400. The molecule has 1 aliphatic carbocycles. The molecule has 1 fully saturated rings. The first-order valence-electron chi connectivity index (χ1n) is 9.50. The number of benzene rings is 1. The zero-order valence-corrected chi connectivity index (χ0v) is 17.0. The normalized spacial score (nSPS) is 18.2. The number of hydrogen-bond donors (Lipinski definition) is 0. The van der Waals surface area contributed by atoms with Crippen molar-refractivity contribution in [3.8, 4) is 17.6 Å². The summed E-state index contributed by atoms with van der Waals surface area (Å²) in [6.45, 7) is 2.66. The number of ether oxygens (including phenoxy) is 1. The number of halogens is 1. The topological polar surface area (TPSA) is 111 Å². The van der Waals surface area contributed by atoms with Gasteiger partial charge >= 0.3 is 0 Å². The summed E-state index contributed by atoms with van der Waals surface area (Å²) in [6.07, 6.45) is 2.54. The monoisotopic (exact) mass is 424 g/mol. The molecule has 152 valence electrons. The standard InChI is InChI=1S/C20H17ClN6O3/c1-10-7-11(10)19-24-18(25-30-19)15-17-20(28)26(5-6-29-2)16-12(8-22)13(21)3-4-14(16)27(17)9-23-15/h3-4,9-11H,5-7H2,1-2H3. The second kappa shape index (κ2) is 6.93. The number of aromatic nitrogens is 5. The fraction of sp³-hybridized carbons (Fsp3) is 0.350. The molecule has 5 rings (SSSR count). The van der Waals surface area contributed by atoms with Crippen LogP contribution in [0.3, 0.4) is 0 Å². The van der Waals surface area contributed by atoms with Crippen molar-refractivity contribution in [2.75, 3.05) is 13.7 Å². The second-order valence-corrected chi connectivity index (χ2v) is 7.85. The van der Waals surface area contributed by atoms with E-state index in [0.29, 0.717) is 34.1 Å². The molecule has 1 saturated carbocycles. The van der Waals surface area contributed by atoms with Crippen molar-refractivity contribution >= 4 is 28.2 Å². The molecule has 1 aliphatic rings. The molecule has 0 N–H and O–H groups in total. The predicted octanol–water partition coefficient (Wildman–Crippen LogP) is 2.99. The lowest BCUT2D eigenvalue weighted by Gasteiger charge is -2.14. The van der Waals surface area contributed by atoms with E-state index < -0.39 is 0 Å². The molecular weight excluding hydrogens is 408 g/mol. The van der Waals surface area contributed by atoms with E-state index in [9.17, 15) is 10.1 Å². The van der Waals surface area contributed by atoms with Gasteiger partial charge in [0.2, 0.25) is 11.7 Å². The van der Waals surface area contributed by atoms with E-state index in [1.165, 1.54) is 10.9 Å². The van der Waals surface area contributed by atoms with Gasteiger partial charge in [-0.2, -0.15) is 10.2 Å². The lowest BCUT2D eigenvalue weighted by molar-refractivity contribution is 0.187. The molecule has 0 amide bonds. The van der Waals surface area contributed by atoms with E-state index in [0.717, 1.165) is 6.42 Å². The Kier molecular flexibility index (Phi) is 4.34. The maximum Gasteiger partial charge on any atom is 0.277 e. The zero-order chi connectivity index (χ0) is 21.0. The third-order valence-corrected chi connectivity index (χ3v) is 5.88. The summed E-state index contributed by atoms with van der Waals surface area (Å²) < 4.78 is 13.7. The van der Waals surface area contributed by atoms with Crippen LogP contribution in [-0.2, 0) is 11.3 Å². The van der Waals surface area contributed by atoms with Crippen molar-refractivity contribution in [2.24, 2.45) is 5.92 Å². The summed E-state index contributed by atoms with van der Waals surface area (Å²) in [5.74, 6) is 1.62. The van der Waals surface area contributed by atoms with Gasteiger partial charge in [0.1, 0.15) is 23.6 Å². The van der Waals surface area contributed by atoms with Crippen LogP contribution in [0.15, 0.2) is 27.8 Å². The van der Waals surface area contributed by atoms with Gasteiger partial charge in [-0.25, -0.2) is 4.98 Å². The van der Waals surface area contributed by atoms with E-state index in [1.54, 1.807) is 23.6 Å². The molecule has 10 heteroatoms. The average Bonchev–Trinajstić information content (AvgIpc) is 3.13. The highest BCUT2D eigenvalue weighted by Gasteiger charge is 2.39. The molecule has 0 radical (unpaired) electrons. The highest BCUT2D eigenvalue weighted by molar-refractivity contribution is 6.32. The van der Waals surface area contributed by atoms with Crippen LogP contribution in [0.5, 0.6) is 0 Å². The fourth-order valence-corrected chi connectivity index (χ4v) is 4.00. The van der Waals surface area contributed by atoms with Crippen LogP contribution >= 0.6 is 11.6 Å². The molecule has 0 spiro atoms. The summed E-state index contributed by atoms with van der Waals surface area (Å²) in [6, 6.07) is 5.50. The minimum Gasteiger partial charge on any atom is -0.383 e. The molecule has 0 aliphatic heterocycles. The van der Waals surface area contributed by atoms with Crippen molar-refractivity contribution in [1.29, 1.82) is 5.26 Å². The van der Waals surface area contributed by atoms with E-state index in [4.69, 9.17) is 20.9 Å². The molecule has 1 aromatic carbocycles. The first kappa shape index (κ1) is 18.8. The van der Waals surface area contributed by atoms with Crippen LogP contribution in [0.2, 0.25) is 5.02 Å². The van der Waals surface area contributed by atoms with Crippen LogP contribution in [0, 0.1) is 17.2 Å². The van der Waals surface area contributed by atoms with Gasteiger partial charge in [0, 0.05) is 19.6 Å². The maximum absolute atomic E-state index is 13.5. The summed E-state index contributed by atoms with van der Waals surface area (Å²) in [7, 11) is 1.55. The third-order valence-electron chi connectivity index (χ3n) is 5.56. The lowest BCUT2D eigenvalue weighted by atomic mass is 10.1. The quantitative estimate of drug-likeness (QED) is 0.484.